The molecule has 0 aliphatic carbocycles. The zero-order chi connectivity index (χ0) is 22.7. The molecule has 0 radical (unpaired) electrons. The zero-order valence-electron chi connectivity index (χ0n) is 17.2. The summed E-state index contributed by atoms with van der Waals surface area (Å²) in [6.45, 7) is 3.34. The quantitative estimate of drug-likeness (QED) is 0.410. The van der Waals surface area contributed by atoms with Crippen LogP contribution in [0.5, 0.6) is 0 Å². The normalized spacial score (nSPS) is 22.0. The van der Waals surface area contributed by atoms with Crippen LogP contribution in [0, 0.1) is 16.0 Å². The van der Waals surface area contributed by atoms with Crippen molar-refractivity contribution in [2.45, 2.75) is 51.4 Å². The lowest BCUT2D eigenvalue weighted by Crippen LogP contribution is -2.29. The molecule has 0 amide bonds. The Balaban J connectivity index is 1.85. The number of aliphatic hydroxyl groups excluding tert-OH is 2. The van der Waals surface area contributed by atoms with Gasteiger partial charge in [-0.15, -0.1) is 0 Å². The summed E-state index contributed by atoms with van der Waals surface area (Å²) in [7, 11) is 0. The van der Waals surface area contributed by atoms with E-state index in [0.717, 1.165) is 0 Å². The third-order valence-electron chi connectivity index (χ3n) is 5.22. The SMILES string of the molecule is CC(C)[C@@H](OCc1cn([C@H]2C[C@@H](O)[C@@H](CO)O2)c(=O)nc1N)c1ccccc1[N+](=O)[O-]. The summed E-state index contributed by atoms with van der Waals surface area (Å²) < 4.78 is 12.7. The van der Waals surface area contributed by atoms with Crippen molar-refractivity contribution < 1.29 is 24.6 Å². The van der Waals surface area contributed by atoms with Gasteiger partial charge in [0.25, 0.3) is 5.69 Å². The van der Waals surface area contributed by atoms with E-state index in [9.17, 15) is 25.1 Å². The lowest BCUT2D eigenvalue weighted by molar-refractivity contribution is -0.386. The highest BCUT2D eigenvalue weighted by Gasteiger charge is 2.35. The predicted octanol–water partition coefficient (Wildman–Crippen LogP) is 1.29. The van der Waals surface area contributed by atoms with Crippen LogP contribution < -0.4 is 11.4 Å². The van der Waals surface area contributed by atoms with Crippen molar-refractivity contribution >= 4 is 11.5 Å². The van der Waals surface area contributed by atoms with Crippen LogP contribution in [0.15, 0.2) is 35.3 Å². The number of benzene rings is 1. The van der Waals surface area contributed by atoms with Crippen molar-refractivity contribution in [1.29, 1.82) is 0 Å². The maximum absolute atomic E-state index is 12.3. The summed E-state index contributed by atoms with van der Waals surface area (Å²) in [6, 6.07) is 6.36. The van der Waals surface area contributed by atoms with Crippen molar-refractivity contribution in [2.24, 2.45) is 5.92 Å². The molecular weight excluding hydrogens is 408 g/mol. The summed E-state index contributed by atoms with van der Waals surface area (Å²) in [4.78, 5) is 27.1. The molecule has 1 aliphatic rings. The lowest BCUT2D eigenvalue weighted by Gasteiger charge is -2.23. The fraction of sp³-hybridized carbons (Fsp3) is 0.500. The first-order valence-corrected chi connectivity index (χ1v) is 9.89. The molecule has 11 heteroatoms. The topological polar surface area (TPSA) is 163 Å². The Labute approximate surface area is 178 Å². The minimum Gasteiger partial charge on any atom is -0.394 e. The van der Waals surface area contributed by atoms with Gasteiger partial charge in [-0.25, -0.2) is 4.79 Å². The van der Waals surface area contributed by atoms with E-state index in [1.807, 2.05) is 13.8 Å². The summed E-state index contributed by atoms with van der Waals surface area (Å²) in [5, 5.41) is 30.6. The molecule has 1 saturated heterocycles. The Morgan fingerprint density at radius 2 is 2.13 bits per heavy atom. The summed E-state index contributed by atoms with van der Waals surface area (Å²) >= 11 is 0. The average molecular weight is 434 g/mol. The molecule has 11 nitrogen and oxygen atoms in total. The average Bonchev–Trinajstić information content (AvgIpc) is 3.10. The van der Waals surface area contributed by atoms with Crippen LogP contribution in [0.3, 0.4) is 0 Å². The molecule has 168 valence electrons. The van der Waals surface area contributed by atoms with Crippen molar-refractivity contribution in [3.05, 3.63) is 62.2 Å². The van der Waals surface area contributed by atoms with E-state index < -0.39 is 35.2 Å². The van der Waals surface area contributed by atoms with Crippen molar-refractivity contribution in [2.75, 3.05) is 12.3 Å². The van der Waals surface area contributed by atoms with Gasteiger partial charge >= 0.3 is 5.69 Å². The molecule has 1 aliphatic heterocycles. The van der Waals surface area contributed by atoms with E-state index in [0.29, 0.717) is 11.1 Å². The van der Waals surface area contributed by atoms with Gasteiger partial charge in [0.1, 0.15) is 18.1 Å². The fourth-order valence-corrected chi connectivity index (χ4v) is 3.60. The van der Waals surface area contributed by atoms with E-state index in [1.54, 1.807) is 18.2 Å². The Morgan fingerprint density at radius 3 is 2.74 bits per heavy atom. The number of ether oxygens (including phenoxy) is 2. The first kappa shape index (κ1) is 22.8. The van der Waals surface area contributed by atoms with Crippen molar-refractivity contribution in [3.63, 3.8) is 0 Å². The number of para-hydroxylation sites is 1. The largest absolute Gasteiger partial charge is 0.394 e. The molecule has 4 N–H and O–H groups in total. The highest BCUT2D eigenvalue weighted by molar-refractivity contribution is 5.42. The Hall–Kier alpha value is -2.86. The molecule has 4 atom stereocenters. The van der Waals surface area contributed by atoms with E-state index in [1.165, 1.54) is 16.8 Å². The number of nitro benzene ring substituents is 1. The number of aromatic nitrogens is 2. The molecule has 0 saturated carbocycles. The molecule has 1 aromatic carbocycles. The van der Waals surface area contributed by atoms with Gasteiger partial charge in [-0.1, -0.05) is 26.0 Å². The number of rotatable bonds is 8. The smallest absolute Gasteiger partial charge is 0.351 e. The maximum Gasteiger partial charge on any atom is 0.351 e. The second kappa shape index (κ2) is 9.52. The number of nitro groups is 1. The maximum atomic E-state index is 12.3. The first-order chi connectivity index (χ1) is 14.7. The van der Waals surface area contributed by atoms with Crippen LogP contribution in [0.25, 0.3) is 0 Å². The number of hydrogen-bond donors (Lipinski definition) is 3. The molecular formula is C20H26N4O7. The molecule has 1 aromatic heterocycles. The van der Waals surface area contributed by atoms with Gasteiger partial charge in [-0.05, 0) is 12.0 Å². The predicted molar refractivity (Wildman–Crippen MR) is 110 cm³/mol. The Morgan fingerprint density at radius 1 is 1.42 bits per heavy atom. The number of nitrogens with two attached hydrogens (primary N) is 1. The highest BCUT2D eigenvalue weighted by atomic mass is 16.6. The van der Waals surface area contributed by atoms with Crippen LogP contribution in [0.4, 0.5) is 11.5 Å². The minimum atomic E-state index is -0.914. The van der Waals surface area contributed by atoms with Crippen LogP contribution in [-0.4, -0.2) is 43.5 Å². The van der Waals surface area contributed by atoms with Crippen molar-refractivity contribution in [3.8, 4) is 0 Å². The van der Waals surface area contributed by atoms with E-state index >= 15 is 0 Å². The monoisotopic (exact) mass is 434 g/mol. The van der Waals surface area contributed by atoms with Crippen LogP contribution >= 0.6 is 0 Å². The van der Waals surface area contributed by atoms with E-state index in [-0.39, 0.29) is 37.1 Å². The second-order valence-corrected chi connectivity index (χ2v) is 7.75. The first-order valence-electron chi connectivity index (χ1n) is 9.89. The highest BCUT2D eigenvalue weighted by Crippen LogP contribution is 2.34. The summed E-state index contributed by atoms with van der Waals surface area (Å²) in [5.74, 6) is -0.108. The van der Waals surface area contributed by atoms with Crippen molar-refractivity contribution in [1.82, 2.24) is 9.55 Å². The third kappa shape index (κ3) is 4.90. The van der Waals surface area contributed by atoms with E-state index in [2.05, 4.69) is 4.98 Å². The number of aliphatic hydroxyl groups is 2. The van der Waals surface area contributed by atoms with Gasteiger partial charge in [-0.2, -0.15) is 4.98 Å². The standard InChI is InChI=1S/C20H26N4O7/c1-11(2)18(13-5-3-4-6-14(13)24(28)29)30-10-12-8-23(20(27)22-19(12)21)17-7-15(26)16(9-25)31-17/h3-6,8,11,15-18,25-26H,7,9-10H2,1-2H3,(H2,21,22,27)/t15-,16-,17-,18-/m1/s1. The molecule has 1 fully saturated rings. The molecule has 0 spiro atoms. The molecule has 3 rings (SSSR count). The van der Waals surface area contributed by atoms with Gasteiger partial charge in [0.2, 0.25) is 0 Å². The van der Waals surface area contributed by atoms with Crippen LogP contribution in [-0.2, 0) is 16.1 Å². The van der Waals surface area contributed by atoms with Gasteiger partial charge in [0.05, 0.1) is 35.9 Å². The number of anilines is 1. The molecule has 2 aromatic rings. The summed E-state index contributed by atoms with van der Waals surface area (Å²) in [5.41, 5.74) is 6.05. The van der Waals surface area contributed by atoms with Gasteiger partial charge in [-0.3, -0.25) is 14.7 Å². The zero-order valence-corrected chi connectivity index (χ0v) is 17.2. The lowest BCUT2D eigenvalue weighted by atomic mass is 9.97. The number of nitrogens with zero attached hydrogens (tertiary/aromatic N) is 3. The Bertz CT molecular complexity index is 994. The van der Waals surface area contributed by atoms with Gasteiger partial charge in [0.15, 0.2) is 0 Å². The second-order valence-electron chi connectivity index (χ2n) is 7.75. The van der Waals surface area contributed by atoms with Gasteiger partial charge in [0, 0.05) is 24.2 Å². The minimum absolute atomic E-state index is 0.0245. The van der Waals surface area contributed by atoms with Gasteiger partial charge < -0.3 is 25.4 Å². The van der Waals surface area contributed by atoms with Crippen LogP contribution in [0.1, 0.15) is 43.7 Å². The number of hydrogen-bond acceptors (Lipinski definition) is 9. The number of nitrogen functional groups attached to an aromatic ring is 1. The Kier molecular flexibility index (Phi) is 7.01. The molecule has 31 heavy (non-hydrogen) atoms. The fourth-order valence-electron chi connectivity index (χ4n) is 3.60. The molecule has 0 unspecified atom stereocenters. The summed E-state index contributed by atoms with van der Waals surface area (Å²) in [6.07, 6.45) is -1.55. The van der Waals surface area contributed by atoms with Crippen LogP contribution in [0.2, 0.25) is 0 Å². The molecule has 2 heterocycles. The third-order valence-corrected chi connectivity index (χ3v) is 5.22. The van der Waals surface area contributed by atoms with E-state index in [4.69, 9.17) is 15.2 Å². The molecule has 0 bridgehead atoms.